The van der Waals surface area contributed by atoms with Crippen molar-refractivity contribution in [2.75, 3.05) is 0 Å². The molecule has 3 heteroatoms. The van der Waals surface area contributed by atoms with Gasteiger partial charge in [-0.05, 0) is 29.9 Å². The minimum atomic E-state index is -0.307. The van der Waals surface area contributed by atoms with Crippen molar-refractivity contribution in [3.63, 3.8) is 0 Å². The minimum absolute atomic E-state index is 0.307. The van der Waals surface area contributed by atoms with Crippen LogP contribution in [0.3, 0.4) is 0 Å². The fourth-order valence-corrected chi connectivity index (χ4v) is 2.81. The van der Waals surface area contributed by atoms with Crippen LogP contribution in [0.15, 0.2) is 36.7 Å². The first kappa shape index (κ1) is 11.5. The number of hydrogen-bond donors (Lipinski definition) is 1. The highest BCUT2D eigenvalue weighted by atomic mass is 16.3. The summed E-state index contributed by atoms with van der Waals surface area (Å²) in [6.45, 7) is 0. The van der Waals surface area contributed by atoms with Crippen molar-refractivity contribution in [3.8, 4) is 0 Å². The molecular weight excluding hydrogens is 224 g/mol. The molecule has 0 spiro atoms. The lowest BCUT2D eigenvalue weighted by molar-refractivity contribution is 0.110. The zero-order chi connectivity index (χ0) is 12.5. The van der Waals surface area contributed by atoms with Crippen LogP contribution in [0, 0.1) is 5.92 Å². The second-order valence-electron chi connectivity index (χ2n) is 5.16. The van der Waals surface area contributed by atoms with E-state index < -0.39 is 0 Å². The SMILES string of the molecule is Cn1ccnc1CC(O)C1Cc2ccccc2C1. The Bertz CT molecular complexity index is 522. The van der Waals surface area contributed by atoms with Crippen molar-refractivity contribution in [2.24, 2.45) is 13.0 Å². The summed E-state index contributed by atoms with van der Waals surface area (Å²) in [6.07, 6.45) is 6.02. The maximum Gasteiger partial charge on any atom is 0.110 e. The highest BCUT2D eigenvalue weighted by Crippen LogP contribution is 2.29. The van der Waals surface area contributed by atoms with Gasteiger partial charge in [-0.3, -0.25) is 0 Å². The lowest BCUT2D eigenvalue weighted by Crippen LogP contribution is -2.24. The van der Waals surface area contributed by atoms with Crippen LogP contribution in [0.2, 0.25) is 0 Å². The fourth-order valence-electron chi connectivity index (χ4n) is 2.81. The Balaban J connectivity index is 1.69. The molecule has 1 heterocycles. The quantitative estimate of drug-likeness (QED) is 0.890. The first-order valence-electron chi connectivity index (χ1n) is 6.45. The Morgan fingerprint density at radius 3 is 2.56 bits per heavy atom. The van der Waals surface area contributed by atoms with Gasteiger partial charge in [-0.1, -0.05) is 24.3 Å². The molecule has 1 aliphatic carbocycles. The molecule has 94 valence electrons. The normalized spacial score (nSPS) is 16.8. The first-order valence-corrected chi connectivity index (χ1v) is 6.45. The Labute approximate surface area is 107 Å². The Morgan fingerprint density at radius 2 is 2.00 bits per heavy atom. The summed E-state index contributed by atoms with van der Waals surface area (Å²) in [6, 6.07) is 8.49. The largest absolute Gasteiger partial charge is 0.392 e. The molecule has 0 bridgehead atoms. The summed E-state index contributed by atoms with van der Waals surface area (Å²) in [5, 5.41) is 10.4. The fraction of sp³-hybridized carbons (Fsp3) is 0.400. The van der Waals surface area contributed by atoms with Gasteiger partial charge in [0.25, 0.3) is 0 Å². The molecule has 1 aliphatic rings. The van der Waals surface area contributed by atoms with Crippen molar-refractivity contribution in [1.82, 2.24) is 9.55 Å². The Hall–Kier alpha value is -1.61. The predicted octanol–water partition coefficient (Wildman–Crippen LogP) is 1.74. The molecule has 1 unspecified atom stereocenters. The summed E-state index contributed by atoms with van der Waals surface area (Å²) in [5.41, 5.74) is 2.78. The molecule has 0 fully saturated rings. The number of aromatic nitrogens is 2. The molecule has 3 nitrogen and oxygen atoms in total. The van der Waals surface area contributed by atoms with Gasteiger partial charge in [-0.25, -0.2) is 4.98 Å². The van der Waals surface area contributed by atoms with Gasteiger partial charge < -0.3 is 9.67 Å². The molecule has 1 atom stereocenters. The average Bonchev–Trinajstić information content (AvgIpc) is 2.96. The van der Waals surface area contributed by atoms with Crippen molar-refractivity contribution in [1.29, 1.82) is 0 Å². The standard InChI is InChI=1S/C15H18N2O/c1-17-7-6-16-15(17)10-14(18)13-8-11-4-2-3-5-12(11)9-13/h2-7,13-14,18H,8-10H2,1H3. The molecule has 1 aromatic heterocycles. The summed E-state index contributed by atoms with van der Waals surface area (Å²) in [4.78, 5) is 4.28. The van der Waals surface area contributed by atoms with Gasteiger partial charge >= 0.3 is 0 Å². The van der Waals surface area contributed by atoms with E-state index in [1.54, 1.807) is 6.20 Å². The summed E-state index contributed by atoms with van der Waals surface area (Å²) < 4.78 is 1.98. The van der Waals surface area contributed by atoms with Gasteiger partial charge in [0.2, 0.25) is 0 Å². The van der Waals surface area contributed by atoms with Crippen LogP contribution in [-0.2, 0) is 26.3 Å². The van der Waals surface area contributed by atoms with E-state index in [4.69, 9.17) is 0 Å². The molecule has 2 aromatic rings. The van der Waals surface area contributed by atoms with Crippen molar-refractivity contribution in [3.05, 3.63) is 53.6 Å². The van der Waals surface area contributed by atoms with E-state index in [-0.39, 0.29) is 6.10 Å². The number of aliphatic hydroxyl groups is 1. The lowest BCUT2D eigenvalue weighted by atomic mass is 9.96. The summed E-state index contributed by atoms with van der Waals surface area (Å²) >= 11 is 0. The first-order chi connectivity index (χ1) is 8.74. The average molecular weight is 242 g/mol. The smallest absolute Gasteiger partial charge is 0.110 e. The molecule has 3 rings (SSSR count). The van der Waals surface area contributed by atoms with Crippen LogP contribution in [0.25, 0.3) is 0 Å². The molecule has 0 aliphatic heterocycles. The Morgan fingerprint density at radius 1 is 1.33 bits per heavy atom. The maximum atomic E-state index is 10.4. The zero-order valence-corrected chi connectivity index (χ0v) is 10.6. The van der Waals surface area contributed by atoms with Gasteiger partial charge in [0.05, 0.1) is 6.10 Å². The van der Waals surface area contributed by atoms with Crippen molar-refractivity contribution in [2.45, 2.75) is 25.4 Å². The highest BCUT2D eigenvalue weighted by Gasteiger charge is 2.27. The lowest BCUT2D eigenvalue weighted by Gasteiger charge is -2.17. The van der Waals surface area contributed by atoms with E-state index in [0.29, 0.717) is 12.3 Å². The minimum Gasteiger partial charge on any atom is -0.392 e. The second-order valence-corrected chi connectivity index (χ2v) is 5.16. The number of aryl methyl sites for hydroxylation is 1. The summed E-state index contributed by atoms with van der Waals surface area (Å²) in [5.74, 6) is 1.29. The Kier molecular flexibility index (Phi) is 2.92. The number of fused-ring (bicyclic) bond motifs is 1. The molecule has 0 radical (unpaired) electrons. The molecular formula is C15H18N2O. The number of hydrogen-bond acceptors (Lipinski definition) is 2. The van der Waals surface area contributed by atoms with Crippen LogP contribution in [0.4, 0.5) is 0 Å². The van der Waals surface area contributed by atoms with Gasteiger partial charge in [-0.15, -0.1) is 0 Å². The maximum absolute atomic E-state index is 10.4. The molecule has 0 amide bonds. The monoisotopic (exact) mass is 242 g/mol. The summed E-state index contributed by atoms with van der Waals surface area (Å²) in [7, 11) is 1.97. The number of benzene rings is 1. The number of nitrogens with zero attached hydrogens (tertiary/aromatic N) is 2. The highest BCUT2D eigenvalue weighted by molar-refractivity contribution is 5.32. The number of aliphatic hydroxyl groups excluding tert-OH is 1. The van der Waals surface area contributed by atoms with Crippen LogP contribution in [0.5, 0.6) is 0 Å². The van der Waals surface area contributed by atoms with E-state index in [1.165, 1.54) is 11.1 Å². The van der Waals surface area contributed by atoms with E-state index in [2.05, 4.69) is 29.2 Å². The third kappa shape index (κ3) is 2.06. The third-order valence-corrected chi connectivity index (χ3v) is 3.94. The van der Waals surface area contributed by atoms with E-state index in [9.17, 15) is 5.11 Å². The van der Waals surface area contributed by atoms with E-state index >= 15 is 0 Å². The molecule has 1 N–H and O–H groups in total. The van der Waals surface area contributed by atoms with Crippen LogP contribution in [-0.4, -0.2) is 20.8 Å². The van der Waals surface area contributed by atoms with Gasteiger partial charge in [-0.2, -0.15) is 0 Å². The second kappa shape index (κ2) is 4.58. The van der Waals surface area contributed by atoms with Crippen LogP contribution < -0.4 is 0 Å². The van der Waals surface area contributed by atoms with Crippen LogP contribution >= 0.6 is 0 Å². The van der Waals surface area contributed by atoms with Gasteiger partial charge in [0, 0.05) is 25.9 Å². The number of imidazole rings is 1. The van der Waals surface area contributed by atoms with Crippen molar-refractivity contribution >= 4 is 0 Å². The molecule has 18 heavy (non-hydrogen) atoms. The topological polar surface area (TPSA) is 38.0 Å². The third-order valence-electron chi connectivity index (χ3n) is 3.94. The van der Waals surface area contributed by atoms with E-state index in [1.807, 2.05) is 17.8 Å². The predicted molar refractivity (Wildman–Crippen MR) is 70.3 cm³/mol. The van der Waals surface area contributed by atoms with Gasteiger partial charge in [0.15, 0.2) is 0 Å². The molecule has 0 saturated carbocycles. The molecule has 0 saturated heterocycles. The van der Waals surface area contributed by atoms with Crippen LogP contribution in [0.1, 0.15) is 17.0 Å². The van der Waals surface area contributed by atoms with E-state index in [0.717, 1.165) is 18.7 Å². The zero-order valence-electron chi connectivity index (χ0n) is 10.6. The van der Waals surface area contributed by atoms with Gasteiger partial charge in [0.1, 0.15) is 5.82 Å². The van der Waals surface area contributed by atoms with Crippen molar-refractivity contribution < 1.29 is 5.11 Å². The number of rotatable bonds is 3. The molecule has 1 aromatic carbocycles.